The van der Waals surface area contributed by atoms with Crippen LogP contribution in [0, 0.1) is 5.41 Å². The topological polar surface area (TPSA) is 149 Å². The molecule has 0 saturated carbocycles. The van der Waals surface area contributed by atoms with Gasteiger partial charge in [-0.3, -0.25) is 10.2 Å². The van der Waals surface area contributed by atoms with Gasteiger partial charge in [0, 0.05) is 4.70 Å². The van der Waals surface area contributed by atoms with Gasteiger partial charge in [0.15, 0.2) is 0 Å². The molecule has 0 amide bonds. The van der Waals surface area contributed by atoms with E-state index in [0.29, 0.717) is 16.2 Å². The van der Waals surface area contributed by atoms with Crippen LogP contribution in [-0.2, 0) is 20.9 Å². The van der Waals surface area contributed by atoms with Gasteiger partial charge in [-0.2, -0.15) is 0 Å². The number of ether oxygens (including phenoxy) is 3. The Morgan fingerprint density at radius 1 is 1.03 bits per heavy atom. The lowest BCUT2D eigenvalue weighted by Crippen LogP contribution is -2.11. The van der Waals surface area contributed by atoms with Gasteiger partial charge in [-0.25, -0.2) is 9.59 Å². The first kappa shape index (κ1) is 25.3. The summed E-state index contributed by atoms with van der Waals surface area (Å²) in [6.07, 6.45) is 0. The van der Waals surface area contributed by atoms with Crippen molar-refractivity contribution in [2.75, 3.05) is 13.2 Å². The zero-order chi connectivity index (χ0) is 24.4. The summed E-state index contributed by atoms with van der Waals surface area (Å²) >= 11 is 1.41. The van der Waals surface area contributed by atoms with Crippen LogP contribution in [0.15, 0.2) is 42.5 Å². The van der Waals surface area contributed by atoms with E-state index in [1.165, 1.54) is 17.4 Å². The number of carbonyl (C=O) groups is 3. The van der Waals surface area contributed by atoms with Crippen LogP contribution in [0.25, 0.3) is 10.1 Å². The van der Waals surface area contributed by atoms with Crippen molar-refractivity contribution in [1.29, 1.82) is 5.41 Å². The van der Waals surface area contributed by atoms with Crippen LogP contribution in [0.5, 0.6) is 5.75 Å². The third kappa shape index (κ3) is 7.04. The maximum Gasteiger partial charge on any atom is 0.338 e. The van der Waals surface area contributed by atoms with E-state index in [-0.39, 0.29) is 43.3 Å². The number of nitrogens with one attached hydrogen (secondary N) is 1. The van der Waals surface area contributed by atoms with Gasteiger partial charge in [0.2, 0.25) is 0 Å². The van der Waals surface area contributed by atoms with Crippen LogP contribution in [0.4, 0.5) is 0 Å². The Labute approximate surface area is 194 Å². The van der Waals surface area contributed by atoms with Gasteiger partial charge < -0.3 is 25.1 Å². The van der Waals surface area contributed by atoms with Crippen molar-refractivity contribution in [2.45, 2.75) is 20.5 Å². The monoisotopic (exact) mass is 472 g/mol. The van der Waals surface area contributed by atoms with E-state index in [2.05, 4.69) is 0 Å². The number of rotatable bonds is 8. The van der Waals surface area contributed by atoms with E-state index in [9.17, 15) is 9.59 Å². The molecule has 2 aromatic carbocycles. The van der Waals surface area contributed by atoms with Crippen LogP contribution in [0.1, 0.15) is 45.0 Å². The molecular formula is C23H24N2O7S. The second-order valence-electron chi connectivity index (χ2n) is 6.48. The number of nitrogens with two attached hydrogens (primary N) is 1. The van der Waals surface area contributed by atoms with E-state index < -0.39 is 11.9 Å². The molecule has 1 aromatic heterocycles. The van der Waals surface area contributed by atoms with Gasteiger partial charge in [0.25, 0.3) is 6.47 Å². The molecule has 174 valence electrons. The van der Waals surface area contributed by atoms with Gasteiger partial charge in [-0.05, 0) is 67.3 Å². The Morgan fingerprint density at radius 2 is 1.61 bits per heavy atom. The fourth-order valence-electron chi connectivity index (χ4n) is 2.84. The van der Waals surface area contributed by atoms with E-state index in [1.54, 1.807) is 26.0 Å². The highest BCUT2D eigenvalue weighted by Crippen LogP contribution is 2.29. The minimum absolute atomic E-state index is 0.0287. The molecule has 0 aliphatic heterocycles. The fraction of sp³-hybridized carbons (Fsp3) is 0.217. The summed E-state index contributed by atoms with van der Waals surface area (Å²) in [5.41, 5.74) is 6.72. The minimum atomic E-state index is -0.512. The largest absolute Gasteiger partial charge is 0.489 e. The SMILES string of the molecule is CCOC(=O)c1cc(COc2ccc3cc(C(=N)N)sc3c2)cc(C(=O)OCC)c1.O=CO. The zero-order valence-corrected chi connectivity index (χ0v) is 18.9. The predicted octanol–water partition coefficient (Wildman–Crippen LogP) is 3.82. The molecule has 0 spiro atoms. The average molecular weight is 473 g/mol. The quantitative estimate of drug-likeness (QED) is 0.194. The van der Waals surface area contributed by atoms with Gasteiger partial charge in [-0.1, -0.05) is 0 Å². The fourth-order valence-corrected chi connectivity index (χ4v) is 3.79. The zero-order valence-electron chi connectivity index (χ0n) is 18.1. The van der Waals surface area contributed by atoms with Crippen molar-refractivity contribution < 1.29 is 33.7 Å². The Kier molecular flexibility index (Phi) is 9.37. The van der Waals surface area contributed by atoms with Crippen molar-refractivity contribution in [3.05, 3.63) is 64.0 Å². The lowest BCUT2D eigenvalue weighted by atomic mass is 10.1. The van der Waals surface area contributed by atoms with Crippen molar-refractivity contribution in [2.24, 2.45) is 5.73 Å². The average Bonchev–Trinajstić information content (AvgIpc) is 3.22. The van der Waals surface area contributed by atoms with Crippen molar-refractivity contribution >= 4 is 45.7 Å². The molecule has 0 bridgehead atoms. The van der Waals surface area contributed by atoms with Crippen LogP contribution in [0.3, 0.4) is 0 Å². The number of esters is 2. The third-order valence-electron chi connectivity index (χ3n) is 4.18. The van der Waals surface area contributed by atoms with Gasteiger partial charge in [0.1, 0.15) is 18.2 Å². The summed E-state index contributed by atoms with van der Waals surface area (Å²) in [5, 5.41) is 15.4. The molecular weight excluding hydrogens is 448 g/mol. The molecule has 0 atom stereocenters. The number of hydrogen-bond donors (Lipinski definition) is 3. The Balaban J connectivity index is 0.00000122. The Bertz CT molecular complexity index is 1120. The first-order valence-electron chi connectivity index (χ1n) is 9.89. The van der Waals surface area contributed by atoms with Crippen LogP contribution >= 0.6 is 11.3 Å². The standard InChI is InChI=1S/C22H22N2O5S.CH2O2/c1-3-27-21(25)15-7-13(8-16(9-15)22(26)28-4-2)12-29-17-6-5-14-10-19(20(23)24)30-18(14)11-17;2-1-3/h5-11H,3-4,12H2,1-2H3,(H3,23,24);1H,(H,2,3). The number of carbonyl (C=O) groups excluding carboxylic acids is 2. The summed E-state index contributed by atoms with van der Waals surface area (Å²) in [4.78, 5) is 33.4. The number of thiophene rings is 1. The first-order valence-corrected chi connectivity index (χ1v) is 10.7. The molecule has 0 radical (unpaired) electrons. The normalized spacial score (nSPS) is 10.0. The van der Waals surface area contributed by atoms with E-state index >= 15 is 0 Å². The molecule has 3 aromatic rings. The number of nitrogen functional groups attached to an aromatic ring is 1. The third-order valence-corrected chi connectivity index (χ3v) is 5.31. The van der Waals surface area contributed by atoms with Crippen molar-refractivity contribution in [1.82, 2.24) is 0 Å². The summed E-state index contributed by atoms with van der Waals surface area (Å²) < 4.78 is 16.9. The molecule has 0 saturated heterocycles. The van der Waals surface area contributed by atoms with Crippen LogP contribution in [-0.4, -0.2) is 42.6 Å². The number of fused-ring (bicyclic) bond motifs is 1. The number of benzene rings is 2. The molecule has 0 fully saturated rings. The molecule has 0 aliphatic rings. The van der Waals surface area contributed by atoms with E-state index in [4.69, 9.17) is 35.3 Å². The molecule has 9 nitrogen and oxygen atoms in total. The summed E-state index contributed by atoms with van der Waals surface area (Å²) in [5.74, 6) is -0.372. The number of amidine groups is 1. The molecule has 0 unspecified atom stereocenters. The number of hydrogen-bond acceptors (Lipinski definition) is 8. The summed E-state index contributed by atoms with van der Waals surface area (Å²) in [6.45, 7) is 3.80. The van der Waals surface area contributed by atoms with Crippen LogP contribution < -0.4 is 10.5 Å². The first-order chi connectivity index (χ1) is 15.8. The van der Waals surface area contributed by atoms with Crippen molar-refractivity contribution in [3.63, 3.8) is 0 Å². The van der Waals surface area contributed by atoms with Crippen molar-refractivity contribution in [3.8, 4) is 5.75 Å². The Hall–Kier alpha value is -3.92. The predicted molar refractivity (Wildman–Crippen MR) is 124 cm³/mol. The molecule has 4 N–H and O–H groups in total. The van der Waals surface area contributed by atoms with Gasteiger partial charge in [0.05, 0.1) is 29.2 Å². The number of carboxylic acid groups (broad SMARTS) is 1. The molecule has 0 aliphatic carbocycles. The Morgan fingerprint density at radius 3 is 2.12 bits per heavy atom. The highest BCUT2D eigenvalue weighted by Gasteiger charge is 2.15. The highest BCUT2D eigenvalue weighted by atomic mass is 32.1. The van der Waals surface area contributed by atoms with E-state index in [0.717, 1.165) is 10.1 Å². The summed E-state index contributed by atoms with van der Waals surface area (Å²) in [7, 11) is 0. The maximum absolute atomic E-state index is 12.2. The lowest BCUT2D eigenvalue weighted by molar-refractivity contribution is -0.122. The molecule has 1 heterocycles. The molecule has 10 heteroatoms. The molecule has 3 rings (SSSR count). The minimum Gasteiger partial charge on any atom is -0.489 e. The maximum atomic E-state index is 12.2. The second-order valence-corrected chi connectivity index (χ2v) is 7.56. The second kappa shape index (κ2) is 12.2. The van der Waals surface area contributed by atoms with Gasteiger partial charge in [-0.15, -0.1) is 11.3 Å². The van der Waals surface area contributed by atoms with Gasteiger partial charge >= 0.3 is 11.9 Å². The highest BCUT2D eigenvalue weighted by molar-refractivity contribution is 7.20. The smallest absolute Gasteiger partial charge is 0.338 e. The molecule has 33 heavy (non-hydrogen) atoms. The lowest BCUT2D eigenvalue weighted by Gasteiger charge is -2.11. The summed E-state index contributed by atoms with van der Waals surface area (Å²) in [6, 6.07) is 12.2. The van der Waals surface area contributed by atoms with Crippen LogP contribution in [0.2, 0.25) is 0 Å². The van der Waals surface area contributed by atoms with E-state index in [1.807, 2.05) is 24.3 Å².